The highest BCUT2D eigenvalue weighted by Gasteiger charge is 2.34. The molecule has 1 fully saturated rings. The molecule has 1 N–H and O–H groups in total. The van der Waals surface area contributed by atoms with Gasteiger partial charge in [0, 0.05) is 37.1 Å². The molecule has 13 heteroatoms. The van der Waals surface area contributed by atoms with E-state index in [1.54, 1.807) is 25.7 Å². The first-order chi connectivity index (χ1) is 18.2. The number of carbonyl (C=O) groups excluding carboxylic acids is 3. The molecule has 1 saturated heterocycles. The molecule has 1 aromatic carbocycles. The largest absolute Gasteiger partial charge is 0.444 e. The van der Waals surface area contributed by atoms with Gasteiger partial charge in [0.15, 0.2) is 5.15 Å². The lowest BCUT2D eigenvalue weighted by Gasteiger charge is -2.35. The summed E-state index contributed by atoms with van der Waals surface area (Å²) >= 11 is 11.8. The minimum Gasteiger partial charge on any atom is -0.444 e. The number of pyridine rings is 1. The molecule has 1 aliphatic heterocycles. The molecule has 3 amide bonds. The topological polar surface area (TPSA) is 91.8 Å². The first-order valence-electron chi connectivity index (χ1n) is 12.2. The number of aromatic nitrogens is 1. The van der Waals surface area contributed by atoms with Gasteiger partial charge in [0.1, 0.15) is 11.5 Å². The maximum Gasteiger partial charge on any atom is 0.416 e. The number of amides is 3. The Kier molecular flexibility index (Phi) is 9.71. The number of nitrogens with zero attached hydrogens (tertiary/aromatic N) is 3. The van der Waals surface area contributed by atoms with Crippen LogP contribution in [0, 0.1) is 5.92 Å². The predicted molar refractivity (Wildman–Crippen MR) is 142 cm³/mol. The summed E-state index contributed by atoms with van der Waals surface area (Å²) < 4.78 is 46.8. The van der Waals surface area contributed by atoms with Gasteiger partial charge in [-0.3, -0.25) is 9.59 Å². The van der Waals surface area contributed by atoms with Gasteiger partial charge >= 0.3 is 12.3 Å². The fraction of sp³-hybridized carbons (Fsp3) is 0.462. The second-order valence-electron chi connectivity index (χ2n) is 10.1. The third-order valence-electron chi connectivity index (χ3n) is 5.95. The van der Waals surface area contributed by atoms with E-state index in [4.69, 9.17) is 27.9 Å². The summed E-state index contributed by atoms with van der Waals surface area (Å²) in [6, 6.07) is 5.68. The normalized spacial score (nSPS) is 14.6. The second kappa shape index (κ2) is 12.4. The van der Waals surface area contributed by atoms with Crippen molar-refractivity contribution in [2.75, 3.05) is 35.7 Å². The number of anilines is 2. The van der Waals surface area contributed by atoms with E-state index in [1.165, 1.54) is 24.4 Å². The van der Waals surface area contributed by atoms with Crippen molar-refractivity contribution in [2.24, 2.45) is 5.92 Å². The number of halogens is 5. The fourth-order valence-electron chi connectivity index (χ4n) is 4.04. The average Bonchev–Trinajstić information content (AvgIpc) is 2.86. The van der Waals surface area contributed by atoms with Gasteiger partial charge in [0.25, 0.3) is 5.91 Å². The number of carbonyl (C=O) groups is 3. The van der Waals surface area contributed by atoms with Gasteiger partial charge in [-0.2, -0.15) is 13.2 Å². The average molecular weight is 589 g/mol. The number of ether oxygens (including phenoxy) is 1. The lowest BCUT2D eigenvalue weighted by molar-refractivity contribution is -0.137. The Labute approximate surface area is 234 Å². The second-order valence-corrected chi connectivity index (χ2v) is 10.7. The van der Waals surface area contributed by atoms with Crippen LogP contribution in [0.25, 0.3) is 0 Å². The smallest absolute Gasteiger partial charge is 0.416 e. The molecule has 1 aromatic heterocycles. The molecule has 0 bridgehead atoms. The molecule has 39 heavy (non-hydrogen) atoms. The van der Waals surface area contributed by atoms with Crippen LogP contribution in [0.3, 0.4) is 0 Å². The van der Waals surface area contributed by atoms with Crippen molar-refractivity contribution in [3.8, 4) is 0 Å². The number of hydrogen-bond donors (Lipinski definition) is 1. The summed E-state index contributed by atoms with van der Waals surface area (Å²) in [4.78, 5) is 44.6. The van der Waals surface area contributed by atoms with E-state index in [2.05, 4.69) is 10.3 Å². The first kappa shape index (κ1) is 30.5. The number of benzene rings is 1. The molecule has 0 saturated carbocycles. The van der Waals surface area contributed by atoms with Gasteiger partial charge in [-0.25, -0.2) is 9.78 Å². The Bertz CT molecular complexity index is 1210. The number of likely N-dealkylation sites (tertiary alicyclic amines) is 1. The van der Waals surface area contributed by atoms with Crippen LogP contribution in [0.15, 0.2) is 36.5 Å². The highest BCUT2D eigenvalue weighted by atomic mass is 35.5. The molecule has 1 aliphatic rings. The van der Waals surface area contributed by atoms with Crippen LogP contribution in [0.1, 0.15) is 49.5 Å². The summed E-state index contributed by atoms with van der Waals surface area (Å²) in [7, 11) is 0. The SMILES string of the molecule is CC(C)(C)OC(=O)N1CCC(CN(C(=O)CCl)c2cc(C(=O)Nc3cccnc3Cl)cc(C(F)(F)F)c2)CC1. The van der Waals surface area contributed by atoms with Crippen LogP contribution >= 0.6 is 23.2 Å². The van der Waals surface area contributed by atoms with Crippen LogP contribution in [0.4, 0.5) is 29.3 Å². The van der Waals surface area contributed by atoms with E-state index < -0.39 is 41.1 Å². The minimum absolute atomic E-state index is 0.0327. The van der Waals surface area contributed by atoms with Gasteiger partial charge in [0.05, 0.1) is 11.3 Å². The summed E-state index contributed by atoms with van der Waals surface area (Å²) in [5.74, 6) is -2.08. The van der Waals surface area contributed by atoms with Gasteiger partial charge in [-0.05, 0) is 69.9 Å². The highest BCUT2D eigenvalue weighted by molar-refractivity contribution is 6.32. The van der Waals surface area contributed by atoms with E-state index in [0.717, 1.165) is 11.0 Å². The number of alkyl halides is 4. The van der Waals surface area contributed by atoms with Gasteiger partial charge in [0.2, 0.25) is 5.91 Å². The van der Waals surface area contributed by atoms with E-state index in [0.29, 0.717) is 32.0 Å². The molecule has 0 atom stereocenters. The van der Waals surface area contributed by atoms with Crippen molar-refractivity contribution in [3.63, 3.8) is 0 Å². The standard InChI is InChI=1S/C26H29Cl2F3N4O4/c1-25(2,3)39-24(38)34-9-6-16(7-10-34)15-35(21(36)14-27)19-12-17(11-18(13-19)26(29,30)31)23(37)33-20-5-4-8-32-22(20)28/h4-5,8,11-13,16H,6-7,9-10,14-15H2,1-3H3,(H,33,37). The van der Waals surface area contributed by atoms with Crippen LogP contribution in [0.2, 0.25) is 5.15 Å². The van der Waals surface area contributed by atoms with E-state index in [-0.39, 0.29) is 34.6 Å². The van der Waals surface area contributed by atoms with Gasteiger partial charge < -0.3 is 19.9 Å². The fourth-order valence-corrected chi connectivity index (χ4v) is 4.35. The zero-order valence-corrected chi connectivity index (χ0v) is 23.2. The number of hydrogen-bond acceptors (Lipinski definition) is 5. The Hall–Kier alpha value is -3.05. The number of rotatable bonds is 6. The molecule has 8 nitrogen and oxygen atoms in total. The third kappa shape index (κ3) is 8.47. The molecule has 0 spiro atoms. The van der Waals surface area contributed by atoms with Gasteiger partial charge in [-0.15, -0.1) is 11.6 Å². The molecular formula is C26H29Cl2F3N4O4. The maximum absolute atomic E-state index is 13.8. The zero-order chi connectivity index (χ0) is 29.0. The summed E-state index contributed by atoms with van der Waals surface area (Å²) in [6.07, 6.45) is -2.84. The Balaban J connectivity index is 1.85. The molecule has 0 aliphatic carbocycles. The quantitative estimate of drug-likeness (QED) is 0.319. The molecule has 212 valence electrons. The zero-order valence-electron chi connectivity index (χ0n) is 21.6. The van der Waals surface area contributed by atoms with Crippen molar-refractivity contribution in [2.45, 2.75) is 45.4 Å². The van der Waals surface area contributed by atoms with Crippen LogP contribution in [-0.2, 0) is 15.7 Å². The number of nitrogens with one attached hydrogen (secondary N) is 1. The van der Waals surface area contributed by atoms with Crippen molar-refractivity contribution >= 4 is 52.5 Å². The monoisotopic (exact) mass is 588 g/mol. The molecule has 2 aromatic rings. The molecule has 3 rings (SSSR count). The molecule has 0 radical (unpaired) electrons. The van der Waals surface area contributed by atoms with Crippen LogP contribution in [-0.4, -0.2) is 58.9 Å². The minimum atomic E-state index is -4.79. The van der Waals surface area contributed by atoms with Gasteiger partial charge in [-0.1, -0.05) is 11.6 Å². The van der Waals surface area contributed by atoms with E-state index in [9.17, 15) is 27.6 Å². The molecule has 2 heterocycles. The van der Waals surface area contributed by atoms with Crippen molar-refractivity contribution in [1.29, 1.82) is 0 Å². The maximum atomic E-state index is 13.8. The first-order valence-corrected chi connectivity index (χ1v) is 13.1. The number of piperidine rings is 1. The van der Waals surface area contributed by atoms with Crippen LogP contribution in [0.5, 0.6) is 0 Å². The lowest BCUT2D eigenvalue weighted by Crippen LogP contribution is -2.45. The lowest BCUT2D eigenvalue weighted by atomic mass is 9.95. The van der Waals surface area contributed by atoms with Crippen molar-refractivity contribution < 1.29 is 32.3 Å². The van der Waals surface area contributed by atoms with Crippen LogP contribution < -0.4 is 10.2 Å². The van der Waals surface area contributed by atoms with Crippen molar-refractivity contribution in [1.82, 2.24) is 9.88 Å². The Morgan fingerprint density at radius 3 is 2.38 bits per heavy atom. The Morgan fingerprint density at radius 1 is 1.15 bits per heavy atom. The Morgan fingerprint density at radius 2 is 1.82 bits per heavy atom. The summed E-state index contributed by atoms with van der Waals surface area (Å²) in [5, 5.41) is 2.42. The van der Waals surface area contributed by atoms with Crippen molar-refractivity contribution in [3.05, 3.63) is 52.8 Å². The third-order valence-corrected chi connectivity index (χ3v) is 6.48. The van der Waals surface area contributed by atoms with E-state index in [1.807, 2.05) is 0 Å². The summed E-state index contributed by atoms with van der Waals surface area (Å²) in [5.41, 5.74) is -2.07. The molecular weight excluding hydrogens is 560 g/mol. The summed E-state index contributed by atoms with van der Waals surface area (Å²) in [6.45, 7) is 6.09. The highest BCUT2D eigenvalue weighted by Crippen LogP contribution is 2.34. The molecule has 0 unspecified atom stereocenters. The predicted octanol–water partition coefficient (Wildman–Crippen LogP) is 6.23. The van der Waals surface area contributed by atoms with E-state index >= 15 is 0 Å².